The second kappa shape index (κ2) is 4.09. The molecule has 2 rings (SSSR count). The van der Waals surface area contributed by atoms with Crippen molar-refractivity contribution in [1.82, 2.24) is 0 Å². The van der Waals surface area contributed by atoms with Gasteiger partial charge in [0.05, 0.1) is 12.1 Å². The van der Waals surface area contributed by atoms with Crippen LogP contribution in [0.4, 0.5) is 0 Å². The fourth-order valence-electron chi connectivity index (χ4n) is 1.78. The molecule has 0 saturated heterocycles. The Balaban J connectivity index is 0.000000845. The van der Waals surface area contributed by atoms with E-state index in [0.29, 0.717) is 0 Å². The molecule has 1 aromatic rings. The third-order valence-corrected chi connectivity index (χ3v) is 2.54. The van der Waals surface area contributed by atoms with Gasteiger partial charge < -0.3 is 10.8 Å². The average Bonchev–Trinajstić information content (AvgIpc) is 2.12. The van der Waals surface area contributed by atoms with Gasteiger partial charge in [0.25, 0.3) is 0 Å². The number of halogens is 1. The van der Waals surface area contributed by atoms with E-state index >= 15 is 0 Å². The topological polar surface area (TPSA) is 46.2 Å². The highest BCUT2D eigenvalue weighted by molar-refractivity contribution is 5.85. The molecule has 2 atom stereocenters. The number of aliphatic hydroxyl groups is 1. The molecule has 72 valence electrons. The zero-order chi connectivity index (χ0) is 8.55. The first-order valence-electron chi connectivity index (χ1n) is 4.30. The normalized spacial score (nSPS) is 26.0. The lowest BCUT2D eigenvalue weighted by atomic mass is 9.86. The van der Waals surface area contributed by atoms with E-state index < -0.39 is 0 Å². The molecule has 2 nitrogen and oxygen atoms in total. The SMILES string of the molecule is Cl.N[C@@H]1c2ccccc2CC[C@@H]1O. The first-order valence-corrected chi connectivity index (χ1v) is 4.30. The number of benzene rings is 1. The van der Waals surface area contributed by atoms with Crippen LogP contribution in [0.3, 0.4) is 0 Å². The molecule has 1 aliphatic rings. The molecule has 0 spiro atoms. The lowest BCUT2D eigenvalue weighted by molar-refractivity contribution is 0.128. The van der Waals surface area contributed by atoms with Gasteiger partial charge in [-0.1, -0.05) is 24.3 Å². The van der Waals surface area contributed by atoms with Crippen LogP contribution in [0.25, 0.3) is 0 Å². The van der Waals surface area contributed by atoms with E-state index in [0.717, 1.165) is 18.4 Å². The minimum atomic E-state index is -0.361. The van der Waals surface area contributed by atoms with Gasteiger partial charge in [-0.05, 0) is 24.0 Å². The molecule has 0 unspecified atom stereocenters. The van der Waals surface area contributed by atoms with Crippen molar-refractivity contribution in [3.8, 4) is 0 Å². The Labute approximate surface area is 84.2 Å². The van der Waals surface area contributed by atoms with E-state index in [4.69, 9.17) is 5.73 Å². The Bertz CT molecular complexity index is 290. The highest BCUT2D eigenvalue weighted by atomic mass is 35.5. The Kier molecular flexibility index (Phi) is 3.31. The molecule has 0 aliphatic heterocycles. The highest BCUT2D eigenvalue weighted by Crippen LogP contribution is 2.27. The molecule has 0 heterocycles. The quantitative estimate of drug-likeness (QED) is 0.664. The maximum absolute atomic E-state index is 9.50. The van der Waals surface area contributed by atoms with E-state index in [1.54, 1.807) is 0 Å². The Hall–Kier alpha value is -0.570. The molecule has 1 aromatic carbocycles. The molecule has 0 radical (unpaired) electrons. The van der Waals surface area contributed by atoms with Crippen LogP contribution in [0.15, 0.2) is 24.3 Å². The minimum absolute atomic E-state index is 0. The number of nitrogens with two attached hydrogens (primary N) is 1. The predicted molar refractivity (Wildman–Crippen MR) is 54.9 cm³/mol. The summed E-state index contributed by atoms with van der Waals surface area (Å²) in [5.41, 5.74) is 8.23. The molecule has 0 fully saturated rings. The number of rotatable bonds is 0. The van der Waals surface area contributed by atoms with E-state index in [-0.39, 0.29) is 24.6 Å². The monoisotopic (exact) mass is 199 g/mol. The zero-order valence-electron chi connectivity index (χ0n) is 7.31. The molecule has 0 bridgehead atoms. The van der Waals surface area contributed by atoms with Crippen molar-refractivity contribution in [2.24, 2.45) is 5.73 Å². The Morgan fingerprint density at radius 1 is 1.31 bits per heavy atom. The second-order valence-electron chi connectivity index (χ2n) is 3.33. The van der Waals surface area contributed by atoms with Gasteiger partial charge in [0.2, 0.25) is 0 Å². The molecular formula is C10H14ClNO. The van der Waals surface area contributed by atoms with Gasteiger partial charge in [0.15, 0.2) is 0 Å². The third-order valence-electron chi connectivity index (χ3n) is 2.54. The van der Waals surface area contributed by atoms with Crippen molar-refractivity contribution >= 4 is 12.4 Å². The Morgan fingerprint density at radius 2 is 2.00 bits per heavy atom. The second-order valence-corrected chi connectivity index (χ2v) is 3.33. The summed E-state index contributed by atoms with van der Waals surface area (Å²) in [4.78, 5) is 0. The van der Waals surface area contributed by atoms with Crippen molar-refractivity contribution in [3.63, 3.8) is 0 Å². The van der Waals surface area contributed by atoms with Crippen LogP contribution in [0.2, 0.25) is 0 Å². The minimum Gasteiger partial charge on any atom is -0.391 e. The summed E-state index contributed by atoms with van der Waals surface area (Å²) in [6.45, 7) is 0. The van der Waals surface area contributed by atoms with Gasteiger partial charge in [0.1, 0.15) is 0 Å². The fraction of sp³-hybridized carbons (Fsp3) is 0.400. The van der Waals surface area contributed by atoms with Crippen LogP contribution in [-0.2, 0) is 6.42 Å². The van der Waals surface area contributed by atoms with Gasteiger partial charge in [-0.2, -0.15) is 0 Å². The van der Waals surface area contributed by atoms with Crippen molar-refractivity contribution < 1.29 is 5.11 Å². The lowest BCUT2D eigenvalue weighted by Crippen LogP contribution is -2.31. The molecule has 0 amide bonds. The molecule has 3 heteroatoms. The summed E-state index contributed by atoms with van der Waals surface area (Å²) in [6, 6.07) is 7.89. The number of hydrogen-bond donors (Lipinski definition) is 2. The summed E-state index contributed by atoms with van der Waals surface area (Å²) in [6.07, 6.45) is 1.38. The molecule has 1 aliphatic carbocycles. The summed E-state index contributed by atoms with van der Waals surface area (Å²) in [5, 5.41) is 9.50. The van der Waals surface area contributed by atoms with E-state index in [1.807, 2.05) is 18.2 Å². The molecule has 0 saturated carbocycles. The number of aryl methyl sites for hydroxylation is 1. The summed E-state index contributed by atoms with van der Waals surface area (Å²) in [5.74, 6) is 0. The first kappa shape index (κ1) is 10.5. The van der Waals surface area contributed by atoms with Crippen LogP contribution in [0.5, 0.6) is 0 Å². The number of fused-ring (bicyclic) bond motifs is 1. The summed E-state index contributed by atoms with van der Waals surface area (Å²) in [7, 11) is 0. The molecule has 3 N–H and O–H groups in total. The fourth-order valence-corrected chi connectivity index (χ4v) is 1.78. The van der Waals surface area contributed by atoms with Gasteiger partial charge >= 0.3 is 0 Å². The average molecular weight is 200 g/mol. The maximum Gasteiger partial charge on any atom is 0.0736 e. The van der Waals surface area contributed by atoms with Crippen LogP contribution >= 0.6 is 12.4 Å². The Morgan fingerprint density at radius 3 is 2.77 bits per heavy atom. The van der Waals surface area contributed by atoms with Crippen LogP contribution in [-0.4, -0.2) is 11.2 Å². The number of aliphatic hydroxyl groups excluding tert-OH is 1. The van der Waals surface area contributed by atoms with Crippen molar-refractivity contribution in [2.45, 2.75) is 25.0 Å². The third kappa shape index (κ3) is 1.85. The smallest absolute Gasteiger partial charge is 0.0736 e. The predicted octanol–water partition coefficient (Wildman–Crippen LogP) is 1.42. The highest BCUT2D eigenvalue weighted by Gasteiger charge is 2.23. The number of hydrogen-bond acceptors (Lipinski definition) is 2. The van der Waals surface area contributed by atoms with E-state index in [1.165, 1.54) is 5.56 Å². The van der Waals surface area contributed by atoms with E-state index in [9.17, 15) is 5.11 Å². The first-order chi connectivity index (χ1) is 5.79. The van der Waals surface area contributed by atoms with Gasteiger partial charge in [-0.25, -0.2) is 0 Å². The molecular weight excluding hydrogens is 186 g/mol. The van der Waals surface area contributed by atoms with Gasteiger partial charge in [0, 0.05) is 0 Å². The maximum atomic E-state index is 9.50. The van der Waals surface area contributed by atoms with Crippen molar-refractivity contribution in [3.05, 3.63) is 35.4 Å². The summed E-state index contributed by atoms with van der Waals surface area (Å²) < 4.78 is 0. The van der Waals surface area contributed by atoms with Gasteiger partial charge in [-0.3, -0.25) is 0 Å². The van der Waals surface area contributed by atoms with Crippen LogP contribution < -0.4 is 5.73 Å². The summed E-state index contributed by atoms with van der Waals surface area (Å²) >= 11 is 0. The van der Waals surface area contributed by atoms with Crippen LogP contribution in [0, 0.1) is 0 Å². The van der Waals surface area contributed by atoms with E-state index in [2.05, 4.69) is 6.07 Å². The molecule has 0 aromatic heterocycles. The molecule has 13 heavy (non-hydrogen) atoms. The largest absolute Gasteiger partial charge is 0.391 e. The van der Waals surface area contributed by atoms with Crippen molar-refractivity contribution in [2.75, 3.05) is 0 Å². The van der Waals surface area contributed by atoms with Crippen LogP contribution in [0.1, 0.15) is 23.6 Å². The van der Waals surface area contributed by atoms with Gasteiger partial charge in [-0.15, -0.1) is 12.4 Å². The lowest BCUT2D eigenvalue weighted by Gasteiger charge is -2.26. The van der Waals surface area contributed by atoms with Crippen molar-refractivity contribution in [1.29, 1.82) is 0 Å². The zero-order valence-corrected chi connectivity index (χ0v) is 8.13. The standard InChI is InChI=1S/C10H13NO.ClH/c11-10-8-4-2-1-3-7(8)5-6-9(10)12;/h1-4,9-10,12H,5-6,11H2;1H/t9-,10+;/m0./s1.